The van der Waals surface area contributed by atoms with Crippen molar-refractivity contribution in [2.45, 2.75) is 24.7 Å². The van der Waals surface area contributed by atoms with Gasteiger partial charge in [0, 0.05) is 27.9 Å². The molecule has 0 amide bonds. The smallest absolute Gasteiger partial charge is 0.193 e. The first kappa shape index (κ1) is 40.1. The van der Waals surface area contributed by atoms with Crippen LogP contribution in [0.2, 0.25) is 0 Å². The Balaban J connectivity index is 0.934. The van der Waals surface area contributed by atoms with Gasteiger partial charge in [0.1, 0.15) is 0 Å². The van der Waals surface area contributed by atoms with Crippen LogP contribution in [0.5, 0.6) is 0 Å². The molecule has 4 aliphatic rings. The van der Waals surface area contributed by atoms with Crippen LogP contribution >= 0.6 is 0 Å². The van der Waals surface area contributed by atoms with E-state index in [4.69, 9.17) is 0 Å². The highest BCUT2D eigenvalue weighted by molar-refractivity contribution is 6.11. The van der Waals surface area contributed by atoms with Crippen LogP contribution in [0, 0.1) is 13.8 Å². The minimum absolute atomic E-state index is 0.0180. The summed E-state index contributed by atoms with van der Waals surface area (Å²) < 4.78 is 0. The van der Waals surface area contributed by atoms with Crippen LogP contribution in [0.4, 0.5) is 17.1 Å². The maximum absolute atomic E-state index is 15.6. The lowest BCUT2D eigenvalue weighted by atomic mass is 9.70. The van der Waals surface area contributed by atoms with E-state index in [0.717, 1.165) is 33.8 Å². The fourth-order valence-corrected chi connectivity index (χ4v) is 13.6. The summed E-state index contributed by atoms with van der Waals surface area (Å²) in [6, 6.07) is 86.6. The van der Waals surface area contributed by atoms with Gasteiger partial charge in [-0.15, -0.1) is 0 Å². The lowest BCUT2D eigenvalue weighted by molar-refractivity contribution is 0.103. The van der Waals surface area contributed by atoms with Crippen LogP contribution in [0.25, 0.3) is 55.3 Å². The highest BCUT2D eigenvalue weighted by atomic mass is 16.1. The molecule has 2 nitrogen and oxygen atoms in total. The van der Waals surface area contributed by atoms with Crippen LogP contribution in [-0.2, 0) is 10.8 Å². The maximum atomic E-state index is 15.6. The van der Waals surface area contributed by atoms with Crippen molar-refractivity contribution in [3.8, 4) is 44.5 Å². The normalized spacial score (nSPS) is 15.4. The van der Waals surface area contributed by atoms with Crippen molar-refractivity contribution in [3.63, 3.8) is 0 Å². The first-order valence-corrected chi connectivity index (χ1v) is 24.8. The molecule has 1 unspecified atom stereocenters. The Kier molecular flexibility index (Phi) is 8.23. The third-order valence-corrected chi connectivity index (χ3v) is 16.5. The number of aryl methyl sites for hydroxylation is 2. The fraction of sp³-hybridized carbons (Fsp3) is 0.0580. The average molecular weight is 904 g/mol. The van der Waals surface area contributed by atoms with Crippen molar-refractivity contribution >= 4 is 33.6 Å². The monoisotopic (exact) mass is 903 g/mol. The number of nitrogens with zero attached hydrogens (tertiary/aromatic N) is 1. The van der Waals surface area contributed by atoms with E-state index >= 15 is 4.79 Å². The molecule has 0 radical (unpaired) electrons. The van der Waals surface area contributed by atoms with Crippen LogP contribution in [0.3, 0.4) is 0 Å². The van der Waals surface area contributed by atoms with Gasteiger partial charge in [0.05, 0.1) is 16.5 Å². The molecule has 0 saturated carbocycles. The minimum atomic E-state index is -0.681. The van der Waals surface area contributed by atoms with E-state index in [1.165, 1.54) is 94.2 Å². The minimum Gasteiger partial charge on any atom is -0.310 e. The quantitative estimate of drug-likeness (QED) is 0.160. The number of fused-ring (bicyclic) bond motifs is 21. The van der Waals surface area contributed by atoms with Crippen molar-refractivity contribution in [2.75, 3.05) is 4.90 Å². The van der Waals surface area contributed by atoms with Crippen LogP contribution in [0.1, 0.15) is 71.6 Å². The van der Waals surface area contributed by atoms with Crippen LogP contribution in [0.15, 0.2) is 237 Å². The summed E-state index contributed by atoms with van der Waals surface area (Å²) in [6.45, 7) is 4.34. The summed E-state index contributed by atoms with van der Waals surface area (Å²) in [5.74, 6) is 0.0180. The second-order valence-electron chi connectivity index (χ2n) is 19.9. The molecule has 4 aliphatic carbocycles. The molecule has 11 aromatic rings. The molecule has 0 fully saturated rings. The predicted octanol–water partition coefficient (Wildman–Crippen LogP) is 16.8. The van der Waals surface area contributed by atoms with E-state index in [-0.39, 0.29) is 5.78 Å². The van der Waals surface area contributed by atoms with Gasteiger partial charge in [0.15, 0.2) is 5.78 Å². The summed E-state index contributed by atoms with van der Waals surface area (Å²) in [5, 5.41) is 2.44. The average Bonchev–Trinajstić information content (AvgIpc) is 4.11. The number of ketones is 1. The zero-order valence-corrected chi connectivity index (χ0v) is 39.4. The molecular weight excluding hydrogens is 859 g/mol. The first-order chi connectivity index (χ1) is 35.0. The summed E-state index contributed by atoms with van der Waals surface area (Å²) in [7, 11) is 0. The Bertz CT molecular complexity index is 4040. The highest BCUT2D eigenvalue weighted by Crippen LogP contribution is 2.65. The van der Waals surface area contributed by atoms with E-state index in [0.29, 0.717) is 11.1 Å². The molecule has 2 heteroatoms. The summed E-state index contributed by atoms with van der Waals surface area (Å²) in [5.41, 5.74) is 25.4. The topological polar surface area (TPSA) is 20.3 Å². The number of carbonyl (C=O) groups is 1. The number of carbonyl (C=O) groups excluding carboxylic acids is 1. The standard InChI is InChI=1S/C69H45NO/c1-42-27-32-46(33-28-42)70(66-38-29-43(2)48-15-3-4-21-57(48)66)47-34-37-56-53-20-9-14-26-62(53)69(65(56)41-47)61-25-13-8-19-52(61)55-36-31-45(40-64(55)69)67(71)44-30-35-54-51-18-7-12-24-60(51)68(63(54)39-44)58-22-10-5-16-49(58)50-17-6-11-23-59(50)68/h3-41H,1-2H3. The second-order valence-corrected chi connectivity index (χ2v) is 19.9. The Hall–Kier alpha value is -8.85. The molecule has 11 aromatic carbocycles. The Labute approximate surface area is 413 Å². The van der Waals surface area contributed by atoms with Gasteiger partial charge in [-0.2, -0.15) is 0 Å². The fourth-order valence-electron chi connectivity index (χ4n) is 13.6. The molecule has 15 rings (SSSR count). The third-order valence-electron chi connectivity index (χ3n) is 16.5. The zero-order chi connectivity index (χ0) is 47.2. The van der Waals surface area contributed by atoms with Crippen molar-refractivity contribution in [3.05, 3.63) is 303 Å². The van der Waals surface area contributed by atoms with Gasteiger partial charge in [-0.1, -0.05) is 200 Å². The van der Waals surface area contributed by atoms with E-state index in [9.17, 15) is 0 Å². The van der Waals surface area contributed by atoms with Crippen molar-refractivity contribution in [1.29, 1.82) is 0 Å². The molecule has 332 valence electrons. The first-order valence-electron chi connectivity index (χ1n) is 24.8. The summed E-state index contributed by atoms with van der Waals surface area (Å²) in [4.78, 5) is 18.0. The molecule has 0 saturated heterocycles. The van der Waals surface area contributed by atoms with E-state index in [1.54, 1.807) is 0 Å². The molecule has 1 atom stereocenters. The number of rotatable bonds is 5. The largest absolute Gasteiger partial charge is 0.310 e. The van der Waals surface area contributed by atoms with Crippen LogP contribution < -0.4 is 4.90 Å². The van der Waals surface area contributed by atoms with Gasteiger partial charge in [0.25, 0.3) is 0 Å². The predicted molar refractivity (Wildman–Crippen MR) is 291 cm³/mol. The summed E-state index contributed by atoms with van der Waals surface area (Å²) >= 11 is 0. The van der Waals surface area contributed by atoms with Gasteiger partial charge in [-0.05, 0) is 156 Å². The summed E-state index contributed by atoms with van der Waals surface area (Å²) in [6.07, 6.45) is 0. The van der Waals surface area contributed by atoms with Gasteiger partial charge in [0.2, 0.25) is 0 Å². The van der Waals surface area contributed by atoms with Gasteiger partial charge in [-0.3, -0.25) is 4.79 Å². The van der Waals surface area contributed by atoms with Crippen molar-refractivity contribution in [1.82, 2.24) is 0 Å². The zero-order valence-electron chi connectivity index (χ0n) is 39.4. The third kappa shape index (κ3) is 5.18. The van der Waals surface area contributed by atoms with E-state index < -0.39 is 10.8 Å². The molecule has 71 heavy (non-hydrogen) atoms. The Morgan fingerprint density at radius 3 is 1.17 bits per heavy atom. The Morgan fingerprint density at radius 1 is 0.324 bits per heavy atom. The molecule has 0 aliphatic heterocycles. The van der Waals surface area contributed by atoms with Gasteiger partial charge >= 0.3 is 0 Å². The number of hydrogen-bond acceptors (Lipinski definition) is 2. The van der Waals surface area contributed by atoms with Crippen molar-refractivity contribution < 1.29 is 4.79 Å². The van der Waals surface area contributed by atoms with Crippen molar-refractivity contribution in [2.24, 2.45) is 0 Å². The number of anilines is 3. The van der Waals surface area contributed by atoms with E-state index in [1.807, 2.05) is 0 Å². The van der Waals surface area contributed by atoms with Gasteiger partial charge in [-0.25, -0.2) is 0 Å². The molecule has 2 spiro atoms. The molecule has 0 bridgehead atoms. The molecular formula is C69H45NO. The molecule has 0 aromatic heterocycles. The lowest BCUT2D eigenvalue weighted by Gasteiger charge is -2.32. The number of benzene rings is 11. The maximum Gasteiger partial charge on any atom is 0.193 e. The Morgan fingerprint density at radius 2 is 0.690 bits per heavy atom. The van der Waals surface area contributed by atoms with Crippen LogP contribution in [-0.4, -0.2) is 5.78 Å². The SMILES string of the molecule is Cc1ccc(N(c2ccc3c(c2)C2(c4ccccc4-c4ccc(C(=O)c5ccc6c(c5)C5(c7ccccc7-c7ccccc75)c5ccccc5-6)cc42)c2ccccc2-3)c2ccc(C)c3ccccc23)cc1. The number of hydrogen-bond donors (Lipinski definition) is 0. The molecule has 0 heterocycles. The van der Waals surface area contributed by atoms with Gasteiger partial charge < -0.3 is 4.90 Å². The molecule has 0 N–H and O–H groups in total. The van der Waals surface area contributed by atoms with E-state index in [2.05, 4.69) is 255 Å². The lowest BCUT2D eigenvalue weighted by Crippen LogP contribution is -2.27. The second kappa shape index (κ2) is 14.6. The highest BCUT2D eigenvalue weighted by Gasteiger charge is 2.53.